The Morgan fingerprint density at radius 2 is 1.89 bits per heavy atom. The lowest BCUT2D eigenvalue weighted by molar-refractivity contribution is 0.297. The summed E-state index contributed by atoms with van der Waals surface area (Å²) in [4.78, 5) is 4.52. The molecule has 0 unspecified atom stereocenters. The number of para-hydroxylation sites is 2. The van der Waals surface area contributed by atoms with E-state index in [2.05, 4.69) is 9.71 Å². The van der Waals surface area contributed by atoms with Crippen LogP contribution in [0, 0.1) is 0 Å². The Hall–Kier alpha value is -2.58. The van der Waals surface area contributed by atoms with E-state index in [1.54, 1.807) is 18.5 Å². The second-order valence-corrected chi connectivity index (χ2v) is 8.10. The summed E-state index contributed by atoms with van der Waals surface area (Å²) in [6, 6.07) is 12.6. The number of fused-ring (bicyclic) bond motifs is 2. The van der Waals surface area contributed by atoms with E-state index in [0.717, 1.165) is 17.5 Å². The molecule has 1 aliphatic heterocycles. The highest BCUT2D eigenvalue weighted by atomic mass is 32.2. The van der Waals surface area contributed by atoms with Gasteiger partial charge in [-0.2, -0.15) is 0 Å². The van der Waals surface area contributed by atoms with E-state index in [9.17, 15) is 8.42 Å². The fourth-order valence-electron chi connectivity index (χ4n) is 3.04. The van der Waals surface area contributed by atoms with Crippen molar-refractivity contribution in [3.63, 3.8) is 0 Å². The molecule has 7 nitrogen and oxygen atoms in total. The van der Waals surface area contributed by atoms with E-state index in [0.29, 0.717) is 44.2 Å². The number of hydrogen-bond acceptors (Lipinski definition) is 5. The summed E-state index contributed by atoms with van der Waals surface area (Å²) >= 11 is 0. The second-order valence-electron chi connectivity index (χ2n) is 6.34. The monoisotopic (exact) mass is 387 g/mol. The number of ether oxygens (including phenoxy) is 2. The van der Waals surface area contributed by atoms with Crippen molar-refractivity contribution in [3.05, 3.63) is 48.8 Å². The molecule has 0 aliphatic carbocycles. The zero-order valence-electron chi connectivity index (χ0n) is 14.8. The van der Waals surface area contributed by atoms with Gasteiger partial charge in [-0.1, -0.05) is 12.1 Å². The van der Waals surface area contributed by atoms with Crippen molar-refractivity contribution >= 4 is 21.1 Å². The van der Waals surface area contributed by atoms with Gasteiger partial charge in [0.25, 0.3) is 0 Å². The van der Waals surface area contributed by atoms with Crippen LogP contribution >= 0.6 is 0 Å². The molecule has 1 N–H and O–H groups in total. The number of imidazole rings is 1. The fraction of sp³-hybridized carbons (Fsp3) is 0.316. The Morgan fingerprint density at radius 1 is 1.07 bits per heavy atom. The summed E-state index contributed by atoms with van der Waals surface area (Å²) in [5.41, 5.74) is 1.98. The van der Waals surface area contributed by atoms with Crippen LogP contribution in [0.2, 0.25) is 0 Å². The van der Waals surface area contributed by atoms with Crippen molar-refractivity contribution in [2.75, 3.05) is 19.8 Å². The van der Waals surface area contributed by atoms with Crippen LogP contribution in [0.1, 0.15) is 12.8 Å². The van der Waals surface area contributed by atoms with Crippen molar-refractivity contribution in [1.29, 1.82) is 0 Å². The van der Waals surface area contributed by atoms with E-state index in [-0.39, 0.29) is 4.90 Å². The Balaban J connectivity index is 1.38. The Morgan fingerprint density at radius 3 is 2.78 bits per heavy atom. The summed E-state index contributed by atoms with van der Waals surface area (Å²) in [5.74, 6) is 1.05. The molecule has 0 atom stereocenters. The fourth-order valence-corrected chi connectivity index (χ4v) is 4.13. The normalized spacial score (nSPS) is 14.2. The number of nitrogens with one attached hydrogen (secondary N) is 1. The quantitative estimate of drug-likeness (QED) is 0.658. The predicted octanol–water partition coefficient (Wildman–Crippen LogP) is 2.57. The molecule has 2 heterocycles. The number of rotatable bonds is 6. The first-order chi connectivity index (χ1) is 13.1. The van der Waals surface area contributed by atoms with Crippen LogP contribution in [0.5, 0.6) is 11.5 Å². The molecule has 4 rings (SSSR count). The van der Waals surface area contributed by atoms with Gasteiger partial charge in [0.2, 0.25) is 10.0 Å². The number of nitrogens with zero attached hydrogens (tertiary/aromatic N) is 2. The minimum atomic E-state index is -3.60. The van der Waals surface area contributed by atoms with Gasteiger partial charge in [-0.15, -0.1) is 0 Å². The van der Waals surface area contributed by atoms with Crippen molar-refractivity contribution in [1.82, 2.24) is 14.3 Å². The Labute approximate surface area is 158 Å². The third-order valence-corrected chi connectivity index (χ3v) is 5.88. The van der Waals surface area contributed by atoms with Gasteiger partial charge in [-0.3, -0.25) is 0 Å². The lowest BCUT2D eigenvalue weighted by Gasteiger charge is -2.11. The van der Waals surface area contributed by atoms with Crippen molar-refractivity contribution < 1.29 is 17.9 Å². The van der Waals surface area contributed by atoms with Gasteiger partial charge in [0.1, 0.15) is 0 Å². The van der Waals surface area contributed by atoms with E-state index in [1.807, 2.05) is 28.8 Å². The number of benzene rings is 2. The van der Waals surface area contributed by atoms with Gasteiger partial charge in [0.05, 0.1) is 35.5 Å². The van der Waals surface area contributed by atoms with Crippen LogP contribution in [0.15, 0.2) is 53.7 Å². The highest BCUT2D eigenvalue weighted by Crippen LogP contribution is 2.31. The molecule has 0 bridgehead atoms. The van der Waals surface area contributed by atoms with Crippen LogP contribution in [0.4, 0.5) is 0 Å². The largest absolute Gasteiger partial charge is 0.490 e. The van der Waals surface area contributed by atoms with Crippen LogP contribution in [0.25, 0.3) is 11.0 Å². The smallest absolute Gasteiger partial charge is 0.240 e. The molecular weight excluding hydrogens is 366 g/mol. The first kappa shape index (κ1) is 17.8. The summed E-state index contributed by atoms with van der Waals surface area (Å²) in [5, 5.41) is 0. The van der Waals surface area contributed by atoms with Crippen molar-refractivity contribution in [3.8, 4) is 11.5 Å². The van der Waals surface area contributed by atoms with Gasteiger partial charge in [-0.25, -0.2) is 18.1 Å². The van der Waals surface area contributed by atoms with Crippen LogP contribution in [0.3, 0.4) is 0 Å². The average molecular weight is 387 g/mol. The summed E-state index contributed by atoms with van der Waals surface area (Å²) < 4.78 is 40.9. The minimum absolute atomic E-state index is 0.180. The van der Waals surface area contributed by atoms with Crippen molar-refractivity contribution in [2.45, 2.75) is 24.3 Å². The van der Waals surface area contributed by atoms with E-state index in [1.165, 1.54) is 6.07 Å². The zero-order chi connectivity index (χ0) is 18.7. The average Bonchev–Trinajstić information content (AvgIpc) is 2.93. The number of aromatic nitrogens is 2. The molecule has 0 radical (unpaired) electrons. The Kier molecular flexibility index (Phi) is 5.00. The van der Waals surface area contributed by atoms with E-state index >= 15 is 0 Å². The Bertz CT molecular complexity index is 1050. The molecule has 0 saturated carbocycles. The SMILES string of the molecule is O=S(=O)(NCCCn1cnc2ccccc21)c1ccc2c(c1)OCCCO2. The molecule has 0 spiro atoms. The van der Waals surface area contributed by atoms with Gasteiger partial charge in [-0.05, 0) is 30.7 Å². The highest BCUT2D eigenvalue weighted by molar-refractivity contribution is 7.89. The lowest BCUT2D eigenvalue weighted by Crippen LogP contribution is -2.25. The lowest BCUT2D eigenvalue weighted by atomic mass is 10.3. The minimum Gasteiger partial charge on any atom is -0.490 e. The first-order valence-electron chi connectivity index (χ1n) is 8.93. The summed E-state index contributed by atoms with van der Waals surface area (Å²) in [7, 11) is -3.60. The van der Waals surface area contributed by atoms with Crippen LogP contribution in [-0.4, -0.2) is 37.7 Å². The molecular formula is C19H21N3O4S. The molecule has 1 aromatic heterocycles. The van der Waals surface area contributed by atoms with Crippen molar-refractivity contribution in [2.24, 2.45) is 0 Å². The summed E-state index contributed by atoms with van der Waals surface area (Å²) in [6.07, 6.45) is 3.21. The number of hydrogen-bond donors (Lipinski definition) is 1. The molecule has 8 heteroatoms. The maximum absolute atomic E-state index is 12.6. The van der Waals surface area contributed by atoms with Gasteiger partial charge in [0, 0.05) is 25.6 Å². The molecule has 1 aliphatic rings. The van der Waals surface area contributed by atoms with Crippen LogP contribution in [-0.2, 0) is 16.6 Å². The zero-order valence-corrected chi connectivity index (χ0v) is 15.6. The third-order valence-electron chi connectivity index (χ3n) is 4.42. The maximum Gasteiger partial charge on any atom is 0.240 e. The molecule has 0 saturated heterocycles. The molecule has 27 heavy (non-hydrogen) atoms. The number of sulfonamides is 1. The molecule has 0 fully saturated rings. The molecule has 2 aromatic carbocycles. The first-order valence-corrected chi connectivity index (χ1v) is 10.4. The summed E-state index contributed by atoms with van der Waals surface area (Å²) in [6.45, 7) is 2.11. The van der Waals surface area contributed by atoms with E-state index in [4.69, 9.17) is 9.47 Å². The standard InChI is InChI=1S/C19H21N3O4S/c23-27(24,15-7-8-18-19(13-15)26-12-4-11-25-18)21-9-3-10-22-14-20-16-5-1-2-6-17(16)22/h1-2,5-8,13-14,21H,3-4,9-12H2. The molecule has 142 valence electrons. The molecule has 3 aromatic rings. The van der Waals surface area contributed by atoms with Gasteiger partial charge in [0.15, 0.2) is 11.5 Å². The highest BCUT2D eigenvalue weighted by Gasteiger charge is 2.18. The third kappa shape index (κ3) is 3.91. The predicted molar refractivity (Wildman–Crippen MR) is 102 cm³/mol. The van der Waals surface area contributed by atoms with Gasteiger partial charge >= 0.3 is 0 Å². The van der Waals surface area contributed by atoms with E-state index < -0.39 is 10.0 Å². The molecule has 0 amide bonds. The maximum atomic E-state index is 12.6. The van der Waals surface area contributed by atoms with Gasteiger partial charge < -0.3 is 14.0 Å². The number of aryl methyl sites for hydroxylation is 1. The topological polar surface area (TPSA) is 82.5 Å². The van der Waals surface area contributed by atoms with Crippen LogP contribution < -0.4 is 14.2 Å². The second kappa shape index (κ2) is 7.58.